The zero-order valence-electron chi connectivity index (χ0n) is 8.76. The van der Waals surface area contributed by atoms with Crippen molar-refractivity contribution in [3.8, 4) is 0 Å². The van der Waals surface area contributed by atoms with Gasteiger partial charge in [0.05, 0.1) is 0 Å². The van der Waals surface area contributed by atoms with Crippen molar-refractivity contribution < 1.29 is 0 Å². The third kappa shape index (κ3) is 2.05. The van der Waals surface area contributed by atoms with Crippen LogP contribution in [0.1, 0.15) is 38.5 Å². The molecule has 1 spiro atoms. The fraction of sp³-hybridized carbons (Fsp3) is 1.00. The molecule has 13 heavy (non-hydrogen) atoms. The van der Waals surface area contributed by atoms with Crippen LogP contribution in [0, 0.1) is 5.41 Å². The Balaban J connectivity index is 1.95. The van der Waals surface area contributed by atoms with Gasteiger partial charge in [0, 0.05) is 6.04 Å². The van der Waals surface area contributed by atoms with Crippen LogP contribution in [0.2, 0.25) is 0 Å². The van der Waals surface area contributed by atoms with Crippen LogP contribution in [0.5, 0.6) is 0 Å². The maximum absolute atomic E-state index is 6.06. The molecule has 1 unspecified atom stereocenters. The Kier molecular flexibility index (Phi) is 2.61. The van der Waals surface area contributed by atoms with Crippen LogP contribution in [0.4, 0.5) is 0 Å². The molecule has 1 saturated carbocycles. The molecule has 0 aromatic rings. The zero-order chi connectivity index (χ0) is 9.31. The summed E-state index contributed by atoms with van der Waals surface area (Å²) in [6.45, 7) is 2.57. The van der Waals surface area contributed by atoms with Crippen molar-refractivity contribution in [2.75, 3.05) is 20.1 Å². The summed E-state index contributed by atoms with van der Waals surface area (Å²) in [5, 5.41) is 0. The van der Waals surface area contributed by atoms with Crippen molar-refractivity contribution in [3.63, 3.8) is 0 Å². The van der Waals surface area contributed by atoms with Crippen LogP contribution < -0.4 is 5.73 Å². The van der Waals surface area contributed by atoms with E-state index in [1.165, 1.54) is 51.6 Å². The first kappa shape index (κ1) is 9.47. The highest BCUT2D eigenvalue weighted by Gasteiger charge is 2.37. The van der Waals surface area contributed by atoms with E-state index < -0.39 is 0 Å². The number of hydrogen-bond donors (Lipinski definition) is 1. The minimum atomic E-state index is 0.497. The van der Waals surface area contributed by atoms with Gasteiger partial charge in [-0.1, -0.05) is 6.42 Å². The topological polar surface area (TPSA) is 29.3 Å². The normalized spacial score (nSPS) is 35.1. The van der Waals surface area contributed by atoms with Crippen molar-refractivity contribution >= 4 is 0 Å². The van der Waals surface area contributed by atoms with Gasteiger partial charge in [0.1, 0.15) is 0 Å². The predicted molar refractivity (Wildman–Crippen MR) is 55.6 cm³/mol. The highest BCUT2D eigenvalue weighted by atomic mass is 15.1. The van der Waals surface area contributed by atoms with E-state index in [4.69, 9.17) is 5.73 Å². The lowest BCUT2D eigenvalue weighted by Crippen LogP contribution is -2.43. The van der Waals surface area contributed by atoms with Gasteiger partial charge < -0.3 is 10.6 Å². The van der Waals surface area contributed by atoms with Gasteiger partial charge in [-0.25, -0.2) is 0 Å². The average molecular weight is 182 g/mol. The summed E-state index contributed by atoms with van der Waals surface area (Å²) in [5.74, 6) is 0. The maximum Gasteiger partial charge on any atom is 0.00441 e. The molecule has 0 aromatic heterocycles. The first-order chi connectivity index (χ1) is 6.20. The van der Waals surface area contributed by atoms with E-state index in [1.54, 1.807) is 0 Å². The number of hydrogen-bond acceptors (Lipinski definition) is 2. The number of nitrogens with two attached hydrogens (primary N) is 1. The molecule has 1 saturated heterocycles. The van der Waals surface area contributed by atoms with Crippen molar-refractivity contribution in [2.45, 2.75) is 44.6 Å². The quantitative estimate of drug-likeness (QED) is 0.616. The largest absolute Gasteiger partial charge is 0.328 e. The smallest absolute Gasteiger partial charge is 0.00441 e. The molecule has 76 valence electrons. The second kappa shape index (κ2) is 3.58. The highest BCUT2D eigenvalue weighted by molar-refractivity contribution is 4.91. The molecule has 0 bridgehead atoms. The Bertz CT molecular complexity index is 171. The van der Waals surface area contributed by atoms with Crippen LogP contribution in [0.3, 0.4) is 0 Å². The Morgan fingerprint density at radius 3 is 2.54 bits per heavy atom. The van der Waals surface area contributed by atoms with Gasteiger partial charge in [-0.2, -0.15) is 0 Å². The fourth-order valence-electron chi connectivity index (χ4n) is 3.05. The number of nitrogens with zero attached hydrogens (tertiary/aromatic N) is 1. The Morgan fingerprint density at radius 1 is 1.23 bits per heavy atom. The van der Waals surface area contributed by atoms with Gasteiger partial charge in [-0.05, 0) is 57.7 Å². The summed E-state index contributed by atoms with van der Waals surface area (Å²) in [4.78, 5) is 2.45. The van der Waals surface area contributed by atoms with Gasteiger partial charge >= 0.3 is 0 Å². The van der Waals surface area contributed by atoms with Crippen LogP contribution in [-0.2, 0) is 0 Å². The molecule has 2 rings (SSSR count). The summed E-state index contributed by atoms with van der Waals surface area (Å²) in [5.41, 5.74) is 6.70. The predicted octanol–water partition coefficient (Wildman–Crippen LogP) is 1.60. The lowest BCUT2D eigenvalue weighted by Gasteiger charge is -2.45. The minimum Gasteiger partial charge on any atom is -0.328 e. The van der Waals surface area contributed by atoms with Crippen LogP contribution in [0.15, 0.2) is 0 Å². The molecule has 2 fully saturated rings. The van der Waals surface area contributed by atoms with Crippen LogP contribution >= 0.6 is 0 Å². The second-order valence-electron chi connectivity index (χ2n) is 5.16. The van der Waals surface area contributed by atoms with E-state index in [-0.39, 0.29) is 0 Å². The van der Waals surface area contributed by atoms with Crippen molar-refractivity contribution in [3.05, 3.63) is 0 Å². The molecular formula is C11H22N2. The SMILES string of the molecule is CN1CCC2(CCCC(N)C2)CC1. The molecule has 0 aromatic carbocycles. The van der Waals surface area contributed by atoms with Crippen molar-refractivity contribution in [2.24, 2.45) is 11.1 Å². The molecule has 1 heterocycles. The minimum absolute atomic E-state index is 0.497. The monoisotopic (exact) mass is 182 g/mol. The van der Waals surface area contributed by atoms with E-state index in [1.807, 2.05) is 0 Å². The third-order valence-corrected chi connectivity index (χ3v) is 4.02. The average Bonchev–Trinajstić information content (AvgIpc) is 2.11. The molecular weight excluding hydrogens is 160 g/mol. The molecule has 2 heteroatoms. The van der Waals surface area contributed by atoms with Gasteiger partial charge in [-0.15, -0.1) is 0 Å². The highest BCUT2D eigenvalue weighted by Crippen LogP contribution is 2.43. The number of rotatable bonds is 0. The number of likely N-dealkylation sites (tertiary alicyclic amines) is 1. The molecule has 1 aliphatic carbocycles. The zero-order valence-corrected chi connectivity index (χ0v) is 8.76. The third-order valence-electron chi connectivity index (χ3n) is 4.02. The molecule has 0 radical (unpaired) electrons. The summed E-state index contributed by atoms with van der Waals surface area (Å²) in [7, 11) is 2.23. The summed E-state index contributed by atoms with van der Waals surface area (Å²) in [6.07, 6.45) is 8.13. The molecule has 2 N–H and O–H groups in total. The van der Waals surface area contributed by atoms with Gasteiger partial charge in [0.15, 0.2) is 0 Å². The maximum atomic E-state index is 6.06. The van der Waals surface area contributed by atoms with Gasteiger partial charge in [0.25, 0.3) is 0 Å². The molecule has 1 aliphatic heterocycles. The summed E-state index contributed by atoms with van der Waals surface area (Å²) >= 11 is 0. The lowest BCUT2D eigenvalue weighted by atomic mass is 9.67. The Labute approximate surface area is 81.5 Å². The fourth-order valence-corrected chi connectivity index (χ4v) is 3.05. The summed E-state index contributed by atoms with van der Waals surface area (Å²) < 4.78 is 0. The Hall–Kier alpha value is -0.0800. The van der Waals surface area contributed by atoms with Crippen molar-refractivity contribution in [1.29, 1.82) is 0 Å². The van der Waals surface area contributed by atoms with E-state index in [2.05, 4.69) is 11.9 Å². The molecule has 2 nitrogen and oxygen atoms in total. The van der Waals surface area contributed by atoms with E-state index in [0.717, 1.165) is 0 Å². The van der Waals surface area contributed by atoms with E-state index in [9.17, 15) is 0 Å². The first-order valence-corrected chi connectivity index (χ1v) is 5.64. The van der Waals surface area contributed by atoms with Crippen molar-refractivity contribution in [1.82, 2.24) is 4.90 Å². The Morgan fingerprint density at radius 2 is 1.92 bits per heavy atom. The molecule has 1 atom stereocenters. The molecule has 2 aliphatic rings. The number of piperidine rings is 1. The van der Waals surface area contributed by atoms with Gasteiger partial charge in [-0.3, -0.25) is 0 Å². The molecule has 0 amide bonds. The first-order valence-electron chi connectivity index (χ1n) is 5.64. The van der Waals surface area contributed by atoms with Gasteiger partial charge in [0.2, 0.25) is 0 Å². The van der Waals surface area contributed by atoms with E-state index in [0.29, 0.717) is 11.5 Å². The lowest BCUT2D eigenvalue weighted by molar-refractivity contribution is 0.0723. The summed E-state index contributed by atoms with van der Waals surface area (Å²) in [6, 6.07) is 0.497. The van der Waals surface area contributed by atoms with E-state index >= 15 is 0 Å². The van der Waals surface area contributed by atoms with Crippen LogP contribution in [-0.4, -0.2) is 31.1 Å². The van der Waals surface area contributed by atoms with Crippen LogP contribution in [0.25, 0.3) is 0 Å². The second-order valence-corrected chi connectivity index (χ2v) is 5.16. The standard InChI is InChI=1S/C11H22N2/c1-13-7-5-11(6-8-13)4-2-3-10(12)9-11/h10H,2-9,12H2,1H3.